The van der Waals surface area contributed by atoms with Crippen molar-refractivity contribution in [3.05, 3.63) is 42.1 Å². The number of fused-ring (bicyclic) bond motifs is 2. The molecule has 0 amide bonds. The molecule has 0 spiro atoms. The highest BCUT2D eigenvalue weighted by Crippen LogP contribution is 2.37. The maximum absolute atomic E-state index is 11.1. The molecule has 0 unspecified atom stereocenters. The van der Waals surface area contributed by atoms with Gasteiger partial charge < -0.3 is 20.3 Å². The zero-order valence-corrected chi connectivity index (χ0v) is 11.3. The van der Waals surface area contributed by atoms with Crippen LogP contribution in [-0.2, 0) is 0 Å². The molecule has 110 valence electrons. The fourth-order valence-corrected chi connectivity index (χ4v) is 2.45. The van der Waals surface area contributed by atoms with Gasteiger partial charge >= 0.3 is 5.97 Å². The summed E-state index contributed by atoms with van der Waals surface area (Å²) in [5.74, 6) is 0.677. The van der Waals surface area contributed by atoms with Gasteiger partial charge in [0.25, 0.3) is 0 Å². The van der Waals surface area contributed by atoms with E-state index in [9.17, 15) is 4.79 Å². The lowest BCUT2D eigenvalue weighted by atomic mass is 10.1. The Labute approximate surface area is 124 Å². The smallest absolute Gasteiger partial charge is 0.337 e. The van der Waals surface area contributed by atoms with Crippen molar-refractivity contribution in [1.29, 1.82) is 0 Å². The molecule has 7 nitrogen and oxygen atoms in total. The number of rotatable bonds is 2. The number of aromatic carboxylic acids is 1. The van der Waals surface area contributed by atoms with Crippen LogP contribution in [0, 0.1) is 0 Å². The molecule has 0 atom stereocenters. The normalized spacial score (nSPS) is 12.7. The van der Waals surface area contributed by atoms with Crippen molar-refractivity contribution in [2.45, 2.75) is 0 Å². The highest BCUT2D eigenvalue weighted by Gasteiger charge is 2.18. The summed E-state index contributed by atoms with van der Waals surface area (Å²) < 4.78 is 12.2. The zero-order chi connectivity index (χ0) is 15.3. The number of aromatic nitrogens is 2. The number of ether oxygens (including phenoxy) is 2. The third kappa shape index (κ3) is 1.76. The lowest BCUT2D eigenvalue weighted by Gasteiger charge is -2.02. The number of hydrogen-bond donors (Lipinski definition) is 2. The Balaban J connectivity index is 1.88. The van der Waals surface area contributed by atoms with E-state index in [0.29, 0.717) is 28.7 Å². The highest BCUT2D eigenvalue weighted by molar-refractivity contribution is 5.88. The van der Waals surface area contributed by atoms with E-state index in [4.69, 9.17) is 20.3 Å². The van der Waals surface area contributed by atoms with Gasteiger partial charge in [0.05, 0.1) is 5.56 Å². The van der Waals surface area contributed by atoms with Crippen molar-refractivity contribution in [2.75, 3.05) is 12.5 Å². The number of nitrogen functional groups attached to an aromatic ring is 1. The SMILES string of the molecule is Nc1c(-c2ccc3c(c2)OCO3)nc2ccc(C(=O)O)cn12. The number of nitrogens with two attached hydrogens (primary N) is 1. The second kappa shape index (κ2) is 4.39. The predicted octanol–water partition coefficient (Wildman–Crippen LogP) is 2.01. The molecule has 1 aliphatic heterocycles. The van der Waals surface area contributed by atoms with Crippen LogP contribution in [0.5, 0.6) is 11.5 Å². The molecule has 3 N–H and O–H groups in total. The van der Waals surface area contributed by atoms with Crippen molar-refractivity contribution in [3.63, 3.8) is 0 Å². The Morgan fingerprint density at radius 2 is 2.05 bits per heavy atom. The van der Waals surface area contributed by atoms with Crippen molar-refractivity contribution in [2.24, 2.45) is 0 Å². The lowest BCUT2D eigenvalue weighted by Crippen LogP contribution is -2.00. The quantitative estimate of drug-likeness (QED) is 0.750. The van der Waals surface area contributed by atoms with E-state index in [0.717, 1.165) is 5.56 Å². The van der Waals surface area contributed by atoms with Crippen LogP contribution >= 0.6 is 0 Å². The van der Waals surface area contributed by atoms with Crippen LogP contribution in [-0.4, -0.2) is 27.3 Å². The highest BCUT2D eigenvalue weighted by atomic mass is 16.7. The van der Waals surface area contributed by atoms with Crippen LogP contribution in [0.15, 0.2) is 36.5 Å². The second-order valence-corrected chi connectivity index (χ2v) is 4.86. The van der Waals surface area contributed by atoms with E-state index in [2.05, 4.69) is 4.98 Å². The monoisotopic (exact) mass is 297 g/mol. The van der Waals surface area contributed by atoms with Gasteiger partial charge in [-0.15, -0.1) is 0 Å². The minimum Gasteiger partial charge on any atom is -0.478 e. The molecule has 0 radical (unpaired) electrons. The summed E-state index contributed by atoms with van der Waals surface area (Å²) >= 11 is 0. The number of pyridine rings is 1. The van der Waals surface area contributed by atoms with Crippen LogP contribution < -0.4 is 15.2 Å². The first-order chi connectivity index (χ1) is 10.6. The van der Waals surface area contributed by atoms with E-state index < -0.39 is 5.97 Å². The summed E-state index contributed by atoms with van der Waals surface area (Å²) in [5, 5.41) is 9.06. The molecule has 0 saturated carbocycles. The van der Waals surface area contributed by atoms with Crippen molar-refractivity contribution < 1.29 is 19.4 Å². The molecule has 1 aromatic carbocycles. The molecule has 3 heterocycles. The fourth-order valence-electron chi connectivity index (χ4n) is 2.45. The maximum Gasteiger partial charge on any atom is 0.337 e. The number of carboxylic acid groups (broad SMARTS) is 1. The molecule has 2 aromatic heterocycles. The third-order valence-corrected chi connectivity index (χ3v) is 3.55. The van der Waals surface area contributed by atoms with Gasteiger partial charge in [-0.25, -0.2) is 9.78 Å². The van der Waals surface area contributed by atoms with Crippen molar-refractivity contribution in [3.8, 4) is 22.8 Å². The molecular formula is C15H11N3O4. The van der Waals surface area contributed by atoms with Crippen LogP contribution in [0.3, 0.4) is 0 Å². The number of carboxylic acids is 1. The Bertz CT molecular complexity index is 917. The van der Waals surface area contributed by atoms with Crippen LogP contribution in [0.2, 0.25) is 0 Å². The average Bonchev–Trinajstić information content (AvgIpc) is 3.11. The number of benzene rings is 1. The number of carbonyl (C=O) groups is 1. The first kappa shape index (κ1) is 12.5. The summed E-state index contributed by atoms with van der Waals surface area (Å²) in [6, 6.07) is 8.55. The molecule has 7 heteroatoms. The Morgan fingerprint density at radius 1 is 1.23 bits per heavy atom. The van der Waals surface area contributed by atoms with Crippen LogP contribution in [0.1, 0.15) is 10.4 Å². The van der Waals surface area contributed by atoms with E-state index in [-0.39, 0.29) is 12.4 Å². The maximum atomic E-state index is 11.1. The minimum atomic E-state index is -1.01. The van der Waals surface area contributed by atoms with Crippen LogP contribution in [0.4, 0.5) is 5.82 Å². The topological polar surface area (TPSA) is 99.1 Å². The van der Waals surface area contributed by atoms with Gasteiger partial charge in [0, 0.05) is 11.8 Å². The molecule has 4 rings (SSSR count). The average molecular weight is 297 g/mol. The minimum absolute atomic E-state index is 0.147. The van der Waals surface area contributed by atoms with Crippen molar-refractivity contribution >= 4 is 17.4 Å². The standard InChI is InChI=1S/C15H11N3O4/c16-14-13(8-1-3-10-11(5-8)22-7-21-10)17-12-4-2-9(15(19)20)6-18(12)14/h1-6H,7,16H2,(H,19,20). The summed E-state index contributed by atoms with van der Waals surface area (Å²) in [6.45, 7) is 0.196. The summed E-state index contributed by atoms with van der Waals surface area (Å²) in [5.41, 5.74) is 8.20. The summed E-state index contributed by atoms with van der Waals surface area (Å²) in [7, 11) is 0. The van der Waals surface area contributed by atoms with E-state index in [1.54, 1.807) is 22.6 Å². The van der Waals surface area contributed by atoms with Gasteiger partial charge in [-0.2, -0.15) is 0 Å². The Kier molecular flexibility index (Phi) is 2.50. The molecule has 0 saturated heterocycles. The summed E-state index contributed by atoms with van der Waals surface area (Å²) in [6.07, 6.45) is 1.45. The fraction of sp³-hybridized carbons (Fsp3) is 0.0667. The molecule has 22 heavy (non-hydrogen) atoms. The van der Waals surface area contributed by atoms with Crippen molar-refractivity contribution in [1.82, 2.24) is 9.38 Å². The largest absolute Gasteiger partial charge is 0.478 e. The molecular weight excluding hydrogens is 286 g/mol. The summed E-state index contributed by atoms with van der Waals surface area (Å²) in [4.78, 5) is 15.5. The molecule has 0 aliphatic carbocycles. The van der Waals surface area contributed by atoms with Gasteiger partial charge in [-0.1, -0.05) is 0 Å². The number of anilines is 1. The third-order valence-electron chi connectivity index (χ3n) is 3.55. The Hall–Kier alpha value is -3.22. The molecule has 0 fully saturated rings. The Morgan fingerprint density at radius 3 is 2.86 bits per heavy atom. The van der Waals surface area contributed by atoms with Gasteiger partial charge in [0.1, 0.15) is 17.2 Å². The first-order valence-corrected chi connectivity index (χ1v) is 6.54. The second-order valence-electron chi connectivity index (χ2n) is 4.86. The van der Waals surface area contributed by atoms with E-state index >= 15 is 0 Å². The van der Waals surface area contributed by atoms with E-state index in [1.807, 2.05) is 6.07 Å². The number of nitrogens with zero attached hydrogens (tertiary/aromatic N) is 2. The van der Waals surface area contributed by atoms with Crippen LogP contribution in [0.25, 0.3) is 16.9 Å². The van der Waals surface area contributed by atoms with Gasteiger partial charge in [0.2, 0.25) is 6.79 Å². The first-order valence-electron chi connectivity index (χ1n) is 6.54. The van der Waals surface area contributed by atoms with Gasteiger partial charge in [0.15, 0.2) is 11.5 Å². The van der Waals surface area contributed by atoms with Gasteiger partial charge in [-0.05, 0) is 30.3 Å². The zero-order valence-electron chi connectivity index (χ0n) is 11.3. The molecule has 1 aliphatic rings. The molecule has 0 bridgehead atoms. The van der Waals surface area contributed by atoms with Gasteiger partial charge in [-0.3, -0.25) is 4.40 Å². The number of imidazole rings is 1. The molecule has 3 aromatic rings. The van der Waals surface area contributed by atoms with E-state index in [1.165, 1.54) is 12.3 Å². The number of hydrogen-bond acceptors (Lipinski definition) is 5. The predicted molar refractivity (Wildman–Crippen MR) is 78.1 cm³/mol. The lowest BCUT2D eigenvalue weighted by molar-refractivity contribution is 0.0696.